The van der Waals surface area contributed by atoms with Crippen molar-refractivity contribution in [2.75, 3.05) is 5.75 Å². The summed E-state index contributed by atoms with van der Waals surface area (Å²) in [6.45, 7) is 6.01. The van der Waals surface area contributed by atoms with Crippen molar-refractivity contribution in [1.82, 2.24) is 20.3 Å². The molecule has 0 saturated heterocycles. The number of rotatable bonds is 6. The molecule has 1 amide bonds. The molecule has 0 spiro atoms. The fourth-order valence-electron chi connectivity index (χ4n) is 2.70. The van der Waals surface area contributed by atoms with Crippen LogP contribution in [0.2, 0.25) is 0 Å². The summed E-state index contributed by atoms with van der Waals surface area (Å²) in [7, 11) is 0. The van der Waals surface area contributed by atoms with Crippen molar-refractivity contribution in [3.05, 3.63) is 53.3 Å². The first-order chi connectivity index (χ1) is 12.0. The van der Waals surface area contributed by atoms with Crippen LogP contribution in [0.1, 0.15) is 23.9 Å². The van der Waals surface area contributed by atoms with Crippen LogP contribution < -0.4 is 5.32 Å². The van der Waals surface area contributed by atoms with Gasteiger partial charge in [0, 0.05) is 23.9 Å². The summed E-state index contributed by atoms with van der Waals surface area (Å²) in [4.78, 5) is 24.4. The molecule has 0 unspecified atom stereocenters. The van der Waals surface area contributed by atoms with Crippen LogP contribution in [0.25, 0.3) is 11.0 Å². The minimum atomic E-state index is 0.00166. The Kier molecular flexibility index (Phi) is 5.38. The van der Waals surface area contributed by atoms with E-state index < -0.39 is 0 Å². The number of nitrogens with one attached hydrogen (secondary N) is 2. The Morgan fingerprint density at radius 1 is 1.24 bits per heavy atom. The molecule has 2 aromatic heterocycles. The van der Waals surface area contributed by atoms with Crippen molar-refractivity contribution in [3.8, 4) is 0 Å². The number of imidazole rings is 1. The van der Waals surface area contributed by atoms with Crippen LogP contribution in [0.3, 0.4) is 0 Å². The van der Waals surface area contributed by atoms with Gasteiger partial charge in [-0.05, 0) is 50.6 Å². The molecule has 0 aliphatic carbocycles. The number of aromatic amines is 1. The third-order valence-electron chi connectivity index (χ3n) is 3.82. The van der Waals surface area contributed by atoms with Crippen molar-refractivity contribution in [3.63, 3.8) is 0 Å². The largest absolute Gasteiger partial charge is 0.353 e. The normalized spacial score (nSPS) is 12.3. The van der Waals surface area contributed by atoms with Gasteiger partial charge in [0.2, 0.25) is 5.91 Å². The van der Waals surface area contributed by atoms with Crippen LogP contribution in [-0.2, 0) is 11.2 Å². The van der Waals surface area contributed by atoms with Crippen molar-refractivity contribution < 1.29 is 4.79 Å². The lowest BCUT2D eigenvalue weighted by Gasteiger charge is -2.13. The zero-order valence-corrected chi connectivity index (χ0v) is 15.5. The summed E-state index contributed by atoms with van der Waals surface area (Å²) in [6, 6.07) is 12.1. The van der Waals surface area contributed by atoms with E-state index in [9.17, 15) is 4.79 Å². The summed E-state index contributed by atoms with van der Waals surface area (Å²) < 4.78 is 0. The number of nitrogens with zero attached hydrogens (tertiary/aromatic N) is 2. The fourth-order valence-corrected chi connectivity index (χ4v) is 3.39. The summed E-state index contributed by atoms with van der Waals surface area (Å²) in [5.74, 6) is 0.339. The molecule has 2 heterocycles. The van der Waals surface area contributed by atoms with Crippen LogP contribution in [0, 0.1) is 13.8 Å². The summed E-state index contributed by atoms with van der Waals surface area (Å²) >= 11 is 1.42. The third kappa shape index (κ3) is 4.82. The van der Waals surface area contributed by atoms with Gasteiger partial charge in [-0.25, -0.2) is 4.98 Å². The smallest absolute Gasteiger partial charge is 0.230 e. The minimum Gasteiger partial charge on any atom is -0.353 e. The molecule has 2 N–H and O–H groups in total. The standard InChI is InChI=1S/C19H22N4OS/c1-12-7-8-16-17(9-12)23-19(22-16)25-11-18(24)21-14(3)10-15-6-4-5-13(2)20-15/h4-9,14H,10-11H2,1-3H3,(H,21,24)(H,22,23)/t14-/m0/s1. The first-order valence-corrected chi connectivity index (χ1v) is 9.29. The summed E-state index contributed by atoms with van der Waals surface area (Å²) in [5, 5.41) is 3.79. The SMILES string of the molecule is Cc1ccc2nc(SCC(=O)N[C@@H](C)Cc3cccc(C)n3)[nH]c2c1. The molecule has 0 aliphatic rings. The van der Waals surface area contributed by atoms with E-state index in [1.807, 2.05) is 51.1 Å². The molecule has 0 bridgehead atoms. The van der Waals surface area contributed by atoms with Crippen molar-refractivity contribution in [2.45, 2.75) is 38.4 Å². The number of carbonyl (C=O) groups is 1. The molecule has 5 nitrogen and oxygen atoms in total. The Labute approximate surface area is 151 Å². The number of amides is 1. The van der Waals surface area contributed by atoms with Crippen molar-refractivity contribution >= 4 is 28.7 Å². The second-order valence-corrected chi connectivity index (χ2v) is 7.26. The number of aryl methyl sites for hydroxylation is 2. The highest BCUT2D eigenvalue weighted by Gasteiger charge is 2.11. The first-order valence-electron chi connectivity index (χ1n) is 8.30. The summed E-state index contributed by atoms with van der Waals surface area (Å²) in [6.07, 6.45) is 0.724. The predicted octanol–water partition coefficient (Wildman–Crippen LogP) is 3.41. The molecule has 3 aromatic rings. The molecule has 130 valence electrons. The van der Waals surface area contributed by atoms with E-state index in [0.717, 1.165) is 34.0 Å². The van der Waals surface area contributed by atoms with E-state index >= 15 is 0 Å². The van der Waals surface area contributed by atoms with Gasteiger partial charge < -0.3 is 10.3 Å². The maximum atomic E-state index is 12.2. The molecule has 1 atom stereocenters. The molecule has 0 saturated carbocycles. The Morgan fingerprint density at radius 3 is 2.88 bits per heavy atom. The molecule has 0 radical (unpaired) electrons. The predicted molar refractivity (Wildman–Crippen MR) is 102 cm³/mol. The fraction of sp³-hybridized carbons (Fsp3) is 0.316. The first kappa shape index (κ1) is 17.5. The van der Waals surface area contributed by atoms with E-state index in [-0.39, 0.29) is 11.9 Å². The number of aromatic nitrogens is 3. The number of carbonyl (C=O) groups excluding carboxylic acids is 1. The molecule has 0 fully saturated rings. The number of fused-ring (bicyclic) bond motifs is 1. The third-order valence-corrected chi connectivity index (χ3v) is 4.70. The van der Waals surface area contributed by atoms with Gasteiger partial charge in [0.05, 0.1) is 16.8 Å². The lowest BCUT2D eigenvalue weighted by molar-refractivity contribution is -0.119. The van der Waals surface area contributed by atoms with E-state index in [4.69, 9.17) is 0 Å². The van der Waals surface area contributed by atoms with E-state index in [1.54, 1.807) is 0 Å². The lowest BCUT2D eigenvalue weighted by atomic mass is 10.1. The van der Waals surface area contributed by atoms with Gasteiger partial charge in [0.15, 0.2) is 5.16 Å². The Morgan fingerprint density at radius 2 is 2.08 bits per heavy atom. The Bertz CT molecular complexity index is 890. The highest BCUT2D eigenvalue weighted by Crippen LogP contribution is 2.20. The van der Waals surface area contributed by atoms with Crippen LogP contribution >= 0.6 is 11.8 Å². The molecule has 3 rings (SSSR count). The van der Waals surface area contributed by atoms with Crippen LogP contribution in [-0.4, -0.2) is 32.7 Å². The maximum absolute atomic E-state index is 12.2. The van der Waals surface area contributed by atoms with Gasteiger partial charge in [-0.1, -0.05) is 23.9 Å². The lowest BCUT2D eigenvalue weighted by Crippen LogP contribution is -2.35. The average Bonchev–Trinajstić information content (AvgIpc) is 2.94. The van der Waals surface area contributed by atoms with Crippen molar-refractivity contribution in [1.29, 1.82) is 0 Å². The van der Waals surface area contributed by atoms with Crippen LogP contribution in [0.5, 0.6) is 0 Å². The molecular formula is C19H22N4OS. The van der Waals surface area contributed by atoms with Crippen LogP contribution in [0.15, 0.2) is 41.6 Å². The van der Waals surface area contributed by atoms with Gasteiger partial charge in [0.1, 0.15) is 0 Å². The van der Waals surface area contributed by atoms with E-state index in [2.05, 4.69) is 26.3 Å². The van der Waals surface area contributed by atoms with Gasteiger partial charge in [-0.3, -0.25) is 9.78 Å². The topological polar surface area (TPSA) is 70.7 Å². The Hall–Kier alpha value is -2.34. The van der Waals surface area contributed by atoms with E-state index in [0.29, 0.717) is 5.75 Å². The average molecular weight is 354 g/mol. The Balaban J connectivity index is 1.51. The quantitative estimate of drug-likeness (QED) is 0.666. The van der Waals surface area contributed by atoms with E-state index in [1.165, 1.54) is 17.3 Å². The van der Waals surface area contributed by atoms with Crippen LogP contribution in [0.4, 0.5) is 0 Å². The summed E-state index contributed by atoms with van der Waals surface area (Å²) in [5.41, 5.74) is 5.10. The van der Waals surface area contributed by atoms with Gasteiger partial charge in [0.25, 0.3) is 0 Å². The second-order valence-electron chi connectivity index (χ2n) is 6.29. The monoisotopic (exact) mass is 354 g/mol. The maximum Gasteiger partial charge on any atom is 0.230 e. The zero-order valence-electron chi connectivity index (χ0n) is 14.7. The number of H-pyrrole nitrogens is 1. The van der Waals surface area contributed by atoms with Gasteiger partial charge in [-0.15, -0.1) is 0 Å². The molecule has 0 aliphatic heterocycles. The van der Waals surface area contributed by atoms with Gasteiger partial charge >= 0.3 is 0 Å². The highest BCUT2D eigenvalue weighted by atomic mass is 32.2. The zero-order chi connectivity index (χ0) is 17.8. The second kappa shape index (κ2) is 7.70. The number of thioether (sulfide) groups is 1. The molecule has 6 heteroatoms. The number of hydrogen-bond acceptors (Lipinski definition) is 4. The van der Waals surface area contributed by atoms with Gasteiger partial charge in [-0.2, -0.15) is 0 Å². The molecule has 1 aromatic carbocycles. The molecule has 25 heavy (non-hydrogen) atoms. The minimum absolute atomic E-state index is 0.00166. The number of pyridine rings is 1. The highest BCUT2D eigenvalue weighted by molar-refractivity contribution is 7.99. The molecular weight excluding hydrogens is 332 g/mol. The van der Waals surface area contributed by atoms with Crippen molar-refractivity contribution in [2.24, 2.45) is 0 Å². The number of hydrogen-bond donors (Lipinski definition) is 2. The number of benzene rings is 1.